The Kier molecular flexibility index (Phi) is 8.71. The van der Waals surface area contributed by atoms with E-state index in [1.165, 1.54) is 64.4 Å². The van der Waals surface area contributed by atoms with Gasteiger partial charge in [-0.2, -0.15) is 5.10 Å². The largest absolute Gasteiger partial charge is 0.481 e. The molecule has 0 aliphatic rings. The fourth-order valence-electron chi connectivity index (χ4n) is 3.09. The predicted molar refractivity (Wildman–Crippen MR) is 143 cm³/mol. The van der Waals surface area contributed by atoms with Gasteiger partial charge in [0.15, 0.2) is 8.29 Å². The monoisotopic (exact) mass is 600 g/mol. The minimum atomic E-state index is -3.90. The van der Waals surface area contributed by atoms with Crippen LogP contribution in [0, 0.1) is 9.77 Å². The van der Waals surface area contributed by atoms with E-state index >= 15 is 0 Å². The number of halogens is 2. The summed E-state index contributed by atoms with van der Waals surface area (Å²) in [7, 11) is -3.90. The topological polar surface area (TPSA) is 139 Å². The van der Waals surface area contributed by atoms with Gasteiger partial charge in [0.2, 0.25) is 10.0 Å². The van der Waals surface area contributed by atoms with Gasteiger partial charge in [-0.05, 0) is 48.6 Å². The Morgan fingerprint density at radius 3 is 2.81 bits per heavy atom. The molecule has 0 unspecified atom stereocenters. The van der Waals surface area contributed by atoms with Crippen molar-refractivity contribution >= 4 is 85.3 Å². The van der Waals surface area contributed by atoms with Crippen molar-refractivity contribution in [2.24, 2.45) is 0 Å². The second-order valence-corrected chi connectivity index (χ2v) is 12.5. The van der Waals surface area contributed by atoms with E-state index in [1.54, 1.807) is 6.07 Å². The van der Waals surface area contributed by atoms with Gasteiger partial charge < -0.3 is 10.4 Å². The number of carbonyl (C=O) groups is 1. The van der Waals surface area contributed by atoms with Crippen molar-refractivity contribution in [1.29, 1.82) is 0 Å². The first-order chi connectivity index (χ1) is 17.6. The van der Waals surface area contributed by atoms with E-state index in [1.807, 2.05) is 0 Å². The number of sulfonamides is 1. The van der Waals surface area contributed by atoms with Crippen LogP contribution in [0.3, 0.4) is 0 Å². The summed E-state index contributed by atoms with van der Waals surface area (Å²) >= 11 is 13.6. The predicted octanol–water partition coefficient (Wildman–Crippen LogP) is 4.70. The maximum atomic E-state index is 13.5. The van der Waals surface area contributed by atoms with Crippen LogP contribution >= 0.6 is 46.9 Å². The van der Waals surface area contributed by atoms with Gasteiger partial charge in [-0.1, -0.05) is 34.7 Å². The summed E-state index contributed by atoms with van der Waals surface area (Å²) in [5.74, 6) is -0.772. The Balaban J connectivity index is 1.47. The number of nitrogens with one attached hydrogen (secondary N) is 2. The maximum absolute atomic E-state index is 13.5. The Hall–Kier alpha value is -2.69. The molecule has 0 bridgehead atoms. The van der Waals surface area contributed by atoms with Crippen molar-refractivity contribution in [3.8, 4) is 0 Å². The molecule has 0 fully saturated rings. The molecule has 0 aliphatic heterocycles. The van der Waals surface area contributed by atoms with Crippen LogP contribution in [-0.2, 0) is 21.4 Å². The third kappa shape index (κ3) is 7.00. The SMILES string of the molecule is O=C(O)CCSc1nn(CCNS(=O)(=O)c2ccc3ncnc(Nc4ccc(F)c(Cl)c4)c3c2)c(=S)s1. The summed E-state index contributed by atoms with van der Waals surface area (Å²) in [6.07, 6.45) is 1.33. The lowest BCUT2D eigenvalue weighted by molar-refractivity contribution is -0.136. The minimum absolute atomic E-state index is 0.00165. The third-order valence-electron chi connectivity index (χ3n) is 4.84. The lowest BCUT2D eigenvalue weighted by atomic mass is 10.2. The normalized spacial score (nSPS) is 11.6. The average Bonchev–Trinajstić information content (AvgIpc) is 3.20. The molecule has 2 heterocycles. The van der Waals surface area contributed by atoms with Crippen LogP contribution < -0.4 is 10.0 Å². The van der Waals surface area contributed by atoms with Crippen LogP contribution in [0.2, 0.25) is 5.02 Å². The lowest BCUT2D eigenvalue weighted by Crippen LogP contribution is -2.27. The first-order valence-electron chi connectivity index (χ1n) is 10.5. The number of hydrogen-bond acceptors (Lipinski definition) is 10. The fourth-order valence-corrected chi connectivity index (χ4v) is 6.71. The summed E-state index contributed by atoms with van der Waals surface area (Å²) in [5.41, 5.74) is 0.977. The molecule has 0 aliphatic carbocycles. The molecule has 3 N–H and O–H groups in total. The number of hydrogen-bond donors (Lipinski definition) is 3. The Bertz CT molecular complexity index is 1630. The van der Waals surface area contributed by atoms with E-state index in [4.69, 9.17) is 28.9 Å². The average molecular weight is 601 g/mol. The van der Waals surface area contributed by atoms with Gasteiger partial charge in [0.25, 0.3) is 0 Å². The highest BCUT2D eigenvalue weighted by Crippen LogP contribution is 2.28. The standard InChI is InChI=1S/C21H18ClFN6O4S4/c22-15-9-12(1-3-16(15)23)27-19-14-10-13(2-4-17(14)24-11-25-19)37(32,33)26-6-7-29-21(34)36-20(28-29)35-8-5-18(30)31/h1-4,9-11,26H,5-8H2,(H,30,31)(H,24,25,27). The second-order valence-electron chi connectivity index (χ2n) is 7.40. The van der Waals surface area contributed by atoms with Gasteiger partial charge in [-0.3, -0.25) is 4.79 Å². The van der Waals surface area contributed by atoms with Crippen molar-refractivity contribution in [3.63, 3.8) is 0 Å². The number of benzene rings is 2. The molecule has 4 aromatic rings. The minimum Gasteiger partial charge on any atom is -0.481 e. The van der Waals surface area contributed by atoms with Gasteiger partial charge in [0.05, 0.1) is 28.4 Å². The van der Waals surface area contributed by atoms with Crippen LogP contribution in [0.25, 0.3) is 10.9 Å². The molecule has 0 atom stereocenters. The highest BCUT2D eigenvalue weighted by Gasteiger charge is 2.17. The summed E-state index contributed by atoms with van der Waals surface area (Å²) < 4.78 is 44.5. The molecule has 2 aromatic heterocycles. The smallest absolute Gasteiger partial charge is 0.304 e. The molecule has 10 nitrogen and oxygen atoms in total. The van der Waals surface area contributed by atoms with Crippen LogP contribution in [0.1, 0.15) is 6.42 Å². The van der Waals surface area contributed by atoms with Gasteiger partial charge in [0, 0.05) is 23.4 Å². The number of nitrogens with zero attached hydrogens (tertiary/aromatic N) is 4. The summed E-state index contributed by atoms with van der Waals surface area (Å²) in [6, 6.07) is 8.52. The molecular formula is C21H18ClFN6O4S4. The lowest BCUT2D eigenvalue weighted by Gasteiger charge is -2.11. The zero-order valence-electron chi connectivity index (χ0n) is 18.7. The van der Waals surface area contributed by atoms with E-state index in [9.17, 15) is 17.6 Å². The Labute approximate surface area is 229 Å². The zero-order valence-corrected chi connectivity index (χ0v) is 22.7. The molecule has 194 valence electrons. The third-order valence-corrected chi connectivity index (χ3v) is 9.04. The zero-order chi connectivity index (χ0) is 26.6. The van der Waals surface area contributed by atoms with E-state index in [0.29, 0.717) is 36.5 Å². The van der Waals surface area contributed by atoms with Crippen molar-refractivity contribution in [1.82, 2.24) is 24.5 Å². The van der Waals surface area contributed by atoms with Crippen LogP contribution in [0.5, 0.6) is 0 Å². The fraction of sp³-hybridized carbons (Fsp3) is 0.190. The number of thioether (sulfide) groups is 1. The number of rotatable bonds is 11. The summed E-state index contributed by atoms with van der Waals surface area (Å²) in [5, 5.41) is 16.4. The van der Waals surface area contributed by atoms with E-state index in [2.05, 4.69) is 25.1 Å². The second kappa shape index (κ2) is 11.8. The number of aliphatic carboxylic acids is 1. The highest BCUT2D eigenvalue weighted by atomic mass is 35.5. The first kappa shape index (κ1) is 27.3. The van der Waals surface area contributed by atoms with Gasteiger partial charge in [0.1, 0.15) is 18.0 Å². The van der Waals surface area contributed by atoms with Crippen molar-refractivity contribution in [2.75, 3.05) is 17.6 Å². The molecule has 16 heteroatoms. The number of fused-ring (bicyclic) bond motifs is 1. The number of carboxylic acid groups (broad SMARTS) is 1. The number of carboxylic acids is 1. The number of anilines is 2. The van der Waals surface area contributed by atoms with E-state index in [-0.39, 0.29) is 29.4 Å². The summed E-state index contributed by atoms with van der Waals surface area (Å²) in [6.45, 7) is 0.227. The maximum Gasteiger partial charge on any atom is 0.304 e. The molecule has 0 saturated heterocycles. The van der Waals surface area contributed by atoms with E-state index in [0.717, 1.165) is 0 Å². The molecule has 4 rings (SSSR count). The van der Waals surface area contributed by atoms with Crippen molar-refractivity contribution in [2.45, 2.75) is 22.2 Å². The van der Waals surface area contributed by atoms with E-state index < -0.39 is 21.8 Å². The molecule has 0 amide bonds. The van der Waals surface area contributed by atoms with Crippen LogP contribution in [0.15, 0.2) is 52.0 Å². The summed E-state index contributed by atoms with van der Waals surface area (Å²) in [4.78, 5) is 19.0. The molecular weight excluding hydrogens is 583 g/mol. The van der Waals surface area contributed by atoms with Crippen molar-refractivity contribution in [3.05, 3.63) is 57.5 Å². The molecule has 0 radical (unpaired) electrons. The van der Waals surface area contributed by atoms with Crippen LogP contribution in [0.4, 0.5) is 15.9 Å². The molecule has 37 heavy (non-hydrogen) atoms. The van der Waals surface area contributed by atoms with Crippen LogP contribution in [-0.4, -0.2) is 51.5 Å². The quantitative estimate of drug-likeness (QED) is 0.164. The molecule has 0 saturated carbocycles. The Morgan fingerprint density at radius 1 is 1.24 bits per heavy atom. The van der Waals surface area contributed by atoms with Gasteiger partial charge in [-0.15, -0.1) is 0 Å². The Morgan fingerprint density at radius 2 is 2.05 bits per heavy atom. The highest BCUT2D eigenvalue weighted by molar-refractivity contribution is 8.01. The van der Waals surface area contributed by atoms with Gasteiger partial charge in [-0.25, -0.2) is 32.2 Å². The van der Waals surface area contributed by atoms with Gasteiger partial charge >= 0.3 is 5.97 Å². The first-order valence-corrected chi connectivity index (χ1v) is 14.6. The van der Waals surface area contributed by atoms with Crippen molar-refractivity contribution < 1.29 is 22.7 Å². The molecule has 2 aromatic carbocycles. The molecule has 0 spiro atoms. The number of aromatic nitrogens is 4.